The minimum atomic E-state index is -0.635. The zero-order valence-electron chi connectivity index (χ0n) is 15.5. The van der Waals surface area contributed by atoms with Crippen LogP contribution in [0.2, 0.25) is 0 Å². The number of pyridine rings is 1. The number of nitrogens with zero attached hydrogens (tertiary/aromatic N) is 3. The quantitative estimate of drug-likeness (QED) is 0.484. The molecule has 1 aromatic carbocycles. The first-order valence-corrected chi connectivity index (χ1v) is 10.1. The third-order valence-corrected chi connectivity index (χ3v) is 5.25. The highest BCUT2D eigenvalue weighted by Crippen LogP contribution is 2.28. The van der Waals surface area contributed by atoms with Crippen molar-refractivity contribution in [3.8, 4) is 0 Å². The first kappa shape index (κ1) is 19.6. The SMILES string of the molecule is CCNC(=NCC(O)c1ccncc1)NC1CCN(c2ccccc2Br)C1. The van der Waals surface area contributed by atoms with Crippen molar-refractivity contribution in [3.63, 3.8) is 0 Å². The van der Waals surface area contributed by atoms with E-state index in [9.17, 15) is 5.11 Å². The zero-order chi connectivity index (χ0) is 19.1. The smallest absolute Gasteiger partial charge is 0.191 e. The molecule has 1 aromatic heterocycles. The van der Waals surface area contributed by atoms with Crippen LogP contribution in [0.1, 0.15) is 25.0 Å². The van der Waals surface area contributed by atoms with E-state index >= 15 is 0 Å². The van der Waals surface area contributed by atoms with Gasteiger partial charge in [0.1, 0.15) is 0 Å². The molecule has 2 aromatic rings. The van der Waals surface area contributed by atoms with Crippen LogP contribution < -0.4 is 15.5 Å². The van der Waals surface area contributed by atoms with Crippen LogP contribution in [0, 0.1) is 0 Å². The monoisotopic (exact) mass is 431 g/mol. The predicted octanol–water partition coefficient (Wildman–Crippen LogP) is 2.71. The number of nitrogens with one attached hydrogen (secondary N) is 2. The van der Waals surface area contributed by atoms with Crippen molar-refractivity contribution in [1.82, 2.24) is 15.6 Å². The highest BCUT2D eigenvalue weighted by molar-refractivity contribution is 9.10. The lowest BCUT2D eigenvalue weighted by Crippen LogP contribution is -2.44. The summed E-state index contributed by atoms with van der Waals surface area (Å²) in [5.74, 6) is 0.740. The molecule has 1 saturated heterocycles. The molecular formula is C20H26BrN5O. The minimum absolute atomic E-state index is 0.306. The second kappa shape index (κ2) is 9.71. The topological polar surface area (TPSA) is 72.8 Å². The number of halogens is 1. The summed E-state index contributed by atoms with van der Waals surface area (Å²) in [4.78, 5) is 10.9. The molecule has 1 aliphatic rings. The first-order valence-electron chi connectivity index (χ1n) is 9.29. The molecule has 0 amide bonds. The van der Waals surface area contributed by atoms with Gasteiger partial charge < -0.3 is 20.6 Å². The number of rotatable bonds is 6. The Kier molecular flexibility index (Phi) is 7.06. The van der Waals surface area contributed by atoms with Crippen molar-refractivity contribution in [2.24, 2.45) is 4.99 Å². The van der Waals surface area contributed by atoms with Gasteiger partial charge in [-0.3, -0.25) is 9.98 Å². The first-order chi connectivity index (χ1) is 13.2. The average molecular weight is 432 g/mol. The standard InChI is InChI=1S/C20H26BrN5O/c1-2-23-20(24-13-19(27)15-7-10-22-11-8-15)25-16-9-12-26(14-16)18-6-4-3-5-17(18)21/h3-8,10-11,16,19,27H,2,9,12-14H2,1H3,(H2,23,24,25). The van der Waals surface area contributed by atoms with Gasteiger partial charge in [0.2, 0.25) is 0 Å². The molecule has 0 bridgehead atoms. The summed E-state index contributed by atoms with van der Waals surface area (Å²) >= 11 is 3.63. The molecule has 1 aliphatic heterocycles. The Hall–Kier alpha value is -2.12. The number of para-hydroxylation sites is 1. The molecule has 144 valence electrons. The Bertz CT molecular complexity index is 755. The fourth-order valence-electron chi connectivity index (χ4n) is 3.19. The maximum Gasteiger partial charge on any atom is 0.191 e. The van der Waals surface area contributed by atoms with Crippen LogP contribution >= 0.6 is 15.9 Å². The third-order valence-electron chi connectivity index (χ3n) is 4.58. The van der Waals surface area contributed by atoms with Crippen molar-refractivity contribution in [3.05, 3.63) is 58.8 Å². The fourth-order valence-corrected chi connectivity index (χ4v) is 3.72. The van der Waals surface area contributed by atoms with E-state index < -0.39 is 6.10 Å². The van der Waals surface area contributed by atoms with Gasteiger partial charge in [-0.15, -0.1) is 0 Å². The molecule has 3 N–H and O–H groups in total. The lowest BCUT2D eigenvalue weighted by atomic mass is 10.1. The van der Waals surface area contributed by atoms with E-state index in [1.54, 1.807) is 12.4 Å². The predicted molar refractivity (Wildman–Crippen MR) is 113 cm³/mol. The Morgan fingerprint density at radius 1 is 1.33 bits per heavy atom. The molecular weight excluding hydrogens is 406 g/mol. The molecule has 6 nitrogen and oxygen atoms in total. The summed E-state index contributed by atoms with van der Waals surface area (Å²) < 4.78 is 1.12. The van der Waals surface area contributed by atoms with Gasteiger partial charge in [0.25, 0.3) is 0 Å². The molecule has 3 rings (SSSR count). The normalized spacial score (nSPS) is 18.4. The van der Waals surface area contributed by atoms with Crippen molar-refractivity contribution < 1.29 is 5.11 Å². The van der Waals surface area contributed by atoms with Crippen LogP contribution in [-0.2, 0) is 0 Å². The maximum atomic E-state index is 10.3. The van der Waals surface area contributed by atoms with Crippen molar-refractivity contribution >= 4 is 27.6 Å². The van der Waals surface area contributed by atoms with Crippen LogP contribution in [0.5, 0.6) is 0 Å². The summed E-state index contributed by atoms with van der Waals surface area (Å²) in [7, 11) is 0. The summed E-state index contributed by atoms with van der Waals surface area (Å²) in [5.41, 5.74) is 2.04. The van der Waals surface area contributed by atoms with Gasteiger partial charge in [-0.05, 0) is 59.1 Å². The number of benzene rings is 1. The minimum Gasteiger partial charge on any atom is -0.386 e. The van der Waals surface area contributed by atoms with Crippen molar-refractivity contribution in [2.75, 3.05) is 31.1 Å². The van der Waals surface area contributed by atoms with Crippen molar-refractivity contribution in [2.45, 2.75) is 25.5 Å². The molecule has 7 heteroatoms. The van der Waals surface area contributed by atoms with E-state index in [1.807, 2.05) is 25.1 Å². The summed E-state index contributed by atoms with van der Waals surface area (Å²) in [6.07, 6.45) is 3.77. The fraction of sp³-hybridized carbons (Fsp3) is 0.400. The molecule has 2 atom stereocenters. The Morgan fingerprint density at radius 3 is 2.85 bits per heavy atom. The van der Waals surface area contributed by atoms with E-state index in [0.29, 0.717) is 12.6 Å². The number of anilines is 1. The molecule has 27 heavy (non-hydrogen) atoms. The summed E-state index contributed by atoms with van der Waals surface area (Å²) in [6, 6.07) is 12.2. The molecule has 0 radical (unpaired) electrons. The van der Waals surface area contributed by atoms with Crippen LogP contribution in [0.4, 0.5) is 5.69 Å². The van der Waals surface area contributed by atoms with E-state index in [-0.39, 0.29) is 0 Å². The highest BCUT2D eigenvalue weighted by atomic mass is 79.9. The van der Waals surface area contributed by atoms with Gasteiger partial charge in [-0.25, -0.2) is 0 Å². The number of guanidine groups is 1. The van der Waals surface area contributed by atoms with Crippen molar-refractivity contribution in [1.29, 1.82) is 0 Å². The number of aliphatic hydroxyl groups is 1. The Morgan fingerprint density at radius 2 is 2.11 bits per heavy atom. The van der Waals surface area contributed by atoms with Gasteiger partial charge in [0, 0.05) is 42.5 Å². The molecule has 0 spiro atoms. The van der Waals surface area contributed by atoms with Crippen LogP contribution in [0.15, 0.2) is 58.3 Å². The van der Waals surface area contributed by atoms with E-state index in [0.717, 1.165) is 42.1 Å². The third kappa shape index (κ3) is 5.43. The van der Waals surface area contributed by atoms with Gasteiger partial charge in [-0.2, -0.15) is 0 Å². The molecule has 2 heterocycles. The van der Waals surface area contributed by atoms with Gasteiger partial charge >= 0.3 is 0 Å². The second-order valence-corrected chi connectivity index (χ2v) is 7.40. The molecule has 0 saturated carbocycles. The van der Waals surface area contributed by atoms with Gasteiger partial charge in [-0.1, -0.05) is 12.1 Å². The Labute approximate surface area is 168 Å². The largest absolute Gasteiger partial charge is 0.386 e. The van der Waals surface area contributed by atoms with E-state index in [1.165, 1.54) is 5.69 Å². The van der Waals surface area contributed by atoms with Crippen LogP contribution in [0.3, 0.4) is 0 Å². The van der Waals surface area contributed by atoms with E-state index in [2.05, 4.69) is 59.6 Å². The summed E-state index contributed by atoms with van der Waals surface area (Å²) in [5, 5.41) is 17.1. The number of hydrogen-bond donors (Lipinski definition) is 3. The molecule has 2 unspecified atom stereocenters. The zero-order valence-corrected chi connectivity index (χ0v) is 17.1. The molecule has 1 fully saturated rings. The van der Waals surface area contributed by atoms with Gasteiger partial charge in [0.15, 0.2) is 5.96 Å². The maximum absolute atomic E-state index is 10.3. The molecule has 0 aliphatic carbocycles. The Balaban J connectivity index is 1.59. The number of aliphatic hydroxyl groups excluding tert-OH is 1. The summed E-state index contributed by atoms with van der Waals surface area (Å²) in [6.45, 7) is 5.04. The number of aliphatic imine (C=N–C) groups is 1. The van der Waals surface area contributed by atoms with Crippen LogP contribution in [-0.4, -0.2) is 48.3 Å². The number of hydrogen-bond acceptors (Lipinski definition) is 4. The highest BCUT2D eigenvalue weighted by Gasteiger charge is 2.24. The van der Waals surface area contributed by atoms with Gasteiger partial charge in [0.05, 0.1) is 18.3 Å². The van der Waals surface area contributed by atoms with Crippen LogP contribution in [0.25, 0.3) is 0 Å². The lowest BCUT2D eigenvalue weighted by molar-refractivity contribution is 0.187. The van der Waals surface area contributed by atoms with E-state index in [4.69, 9.17) is 0 Å². The second-order valence-electron chi connectivity index (χ2n) is 6.54. The lowest BCUT2D eigenvalue weighted by Gasteiger charge is -2.21. The number of aromatic nitrogens is 1. The average Bonchev–Trinajstić information content (AvgIpc) is 3.15.